The Balaban J connectivity index is 0. The van der Waals surface area contributed by atoms with E-state index < -0.39 is 35.3 Å². The molecule has 0 aliphatic rings. The molecular weight excluding hydrogens is 376 g/mol. The molecule has 0 aromatic rings. The van der Waals surface area contributed by atoms with E-state index in [1.807, 2.05) is 0 Å². The molecule has 0 aromatic carbocycles. The zero-order chi connectivity index (χ0) is 22.3. The molecular formula is C17H28N2O9. The first-order valence-corrected chi connectivity index (χ1v) is 8.36. The number of aliphatic hydroxyl groups excluding tert-OH is 2. The number of ether oxygens (including phenoxy) is 3. The van der Waals surface area contributed by atoms with Gasteiger partial charge in [-0.2, -0.15) is 0 Å². The van der Waals surface area contributed by atoms with Gasteiger partial charge in [-0.15, -0.1) is 0 Å². The number of likely N-dealkylation sites (N-methyl/N-ethyl adjacent to an activating group) is 2. The van der Waals surface area contributed by atoms with E-state index in [-0.39, 0.29) is 31.2 Å². The van der Waals surface area contributed by atoms with Crippen LogP contribution in [0.5, 0.6) is 0 Å². The second-order valence-corrected chi connectivity index (χ2v) is 4.67. The Morgan fingerprint density at radius 1 is 0.714 bits per heavy atom. The number of hydrogen-bond acceptors (Lipinski definition) is 9. The van der Waals surface area contributed by atoms with Gasteiger partial charge < -0.3 is 35.1 Å². The summed E-state index contributed by atoms with van der Waals surface area (Å²) in [5.41, 5.74) is -0.884. The molecule has 0 atom stereocenters. The Hall–Kier alpha value is -3.24. The second kappa shape index (κ2) is 14.9. The van der Waals surface area contributed by atoms with Crippen molar-refractivity contribution in [1.29, 1.82) is 0 Å². The highest BCUT2D eigenvalue weighted by Gasteiger charge is 2.25. The normalized spacial score (nSPS) is 11.5. The predicted octanol–water partition coefficient (Wildman–Crippen LogP) is 0.229. The fourth-order valence-corrected chi connectivity index (χ4v) is 1.55. The van der Waals surface area contributed by atoms with E-state index in [4.69, 9.17) is 5.11 Å². The van der Waals surface area contributed by atoms with Crippen LogP contribution in [0.1, 0.15) is 27.7 Å². The Labute approximate surface area is 163 Å². The fraction of sp³-hybridized carbons (Fsp3) is 0.529. The number of aliphatic hydroxyl groups is 2. The molecule has 0 aromatic heterocycles. The highest BCUT2D eigenvalue weighted by molar-refractivity contribution is 6.17. The molecule has 11 heteroatoms. The summed E-state index contributed by atoms with van der Waals surface area (Å²) in [5, 5.41) is 22.8. The van der Waals surface area contributed by atoms with Crippen LogP contribution in [0, 0.1) is 0 Å². The third-order valence-corrected chi connectivity index (χ3v) is 2.72. The highest BCUT2D eigenvalue weighted by atomic mass is 16.6. The van der Waals surface area contributed by atoms with Crippen LogP contribution in [0.3, 0.4) is 0 Å². The minimum atomic E-state index is -0.914. The first-order chi connectivity index (χ1) is 13.1. The molecule has 28 heavy (non-hydrogen) atoms. The first kappa shape index (κ1) is 27.0. The number of amides is 2. The van der Waals surface area contributed by atoms with Gasteiger partial charge in [-0.3, -0.25) is 9.59 Å². The number of esters is 2. The number of allylic oxidation sites excluding steroid dienone is 1. The summed E-state index contributed by atoms with van der Waals surface area (Å²) in [6, 6.07) is 0. The van der Waals surface area contributed by atoms with Crippen molar-refractivity contribution in [3.8, 4) is 0 Å². The molecule has 0 unspecified atom stereocenters. The van der Waals surface area contributed by atoms with E-state index in [1.54, 1.807) is 20.8 Å². The van der Waals surface area contributed by atoms with Gasteiger partial charge >= 0.3 is 11.9 Å². The molecule has 0 fully saturated rings. The minimum Gasteiger partial charge on any atom is -0.511 e. The minimum absolute atomic E-state index is 0.110. The summed E-state index contributed by atoms with van der Waals surface area (Å²) in [6.45, 7) is 6.49. The van der Waals surface area contributed by atoms with E-state index in [0.29, 0.717) is 0 Å². The summed E-state index contributed by atoms with van der Waals surface area (Å²) in [6.07, 6.45) is 0. The lowest BCUT2D eigenvalue weighted by atomic mass is 10.2. The maximum absolute atomic E-state index is 11.3. The van der Waals surface area contributed by atoms with Gasteiger partial charge in [-0.1, -0.05) is 0 Å². The zero-order valence-corrected chi connectivity index (χ0v) is 16.9. The third kappa shape index (κ3) is 9.46. The van der Waals surface area contributed by atoms with Gasteiger partial charge in [0.1, 0.15) is 5.76 Å². The molecule has 0 aliphatic heterocycles. The Morgan fingerprint density at radius 3 is 1.39 bits per heavy atom. The standard InChI is InChI=1S/C9H15NO5.C8H13NO4/c1-4-14-8(12)6(7(11)10-3)9(13)15-5-2;1-4-13-8(12)6(5(2)10)7(11)9-3/h12H,4-5H2,1-3H3,(H,10,11);10H,4H2,1-3H3,(H,9,11)/b8-6-;. The van der Waals surface area contributed by atoms with Gasteiger partial charge in [0.2, 0.25) is 5.57 Å². The second-order valence-electron chi connectivity index (χ2n) is 4.67. The quantitative estimate of drug-likeness (QED) is 0.146. The number of carbonyl (C=O) groups is 4. The van der Waals surface area contributed by atoms with E-state index in [2.05, 4.69) is 24.8 Å². The molecule has 0 bridgehead atoms. The topological polar surface area (TPSA) is 160 Å². The van der Waals surface area contributed by atoms with Crippen LogP contribution < -0.4 is 10.6 Å². The molecule has 4 N–H and O–H groups in total. The maximum atomic E-state index is 11.3. The first-order valence-electron chi connectivity index (χ1n) is 8.36. The van der Waals surface area contributed by atoms with Crippen molar-refractivity contribution < 1.29 is 43.6 Å². The van der Waals surface area contributed by atoms with Crippen LogP contribution >= 0.6 is 0 Å². The smallest absolute Gasteiger partial charge is 0.351 e. The van der Waals surface area contributed by atoms with Gasteiger partial charge in [0.25, 0.3) is 17.8 Å². The van der Waals surface area contributed by atoms with Gasteiger partial charge in [0, 0.05) is 14.1 Å². The number of nitrogens with one attached hydrogen (secondary N) is 2. The van der Waals surface area contributed by atoms with Crippen LogP contribution in [0.2, 0.25) is 0 Å². The zero-order valence-electron chi connectivity index (χ0n) is 16.9. The molecule has 0 saturated carbocycles. The molecule has 0 radical (unpaired) electrons. The highest BCUT2D eigenvalue weighted by Crippen LogP contribution is 2.06. The molecule has 11 nitrogen and oxygen atoms in total. The molecule has 0 heterocycles. The lowest BCUT2D eigenvalue weighted by molar-refractivity contribution is -0.142. The summed E-state index contributed by atoms with van der Waals surface area (Å²) < 4.78 is 13.8. The maximum Gasteiger partial charge on any atom is 0.351 e. The monoisotopic (exact) mass is 404 g/mol. The van der Waals surface area contributed by atoms with Gasteiger partial charge in [0.15, 0.2) is 5.57 Å². The Morgan fingerprint density at radius 2 is 1.07 bits per heavy atom. The summed E-state index contributed by atoms with van der Waals surface area (Å²) >= 11 is 0. The van der Waals surface area contributed by atoms with Crippen molar-refractivity contribution in [2.75, 3.05) is 33.9 Å². The molecule has 2 amide bonds. The lowest BCUT2D eigenvalue weighted by Crippen LogP contribution is -2.28. The van der Waals surface area contributed by atoms with E-state index in [0.717, 1.165) is 0 Å². The van der Waals surface area contributed by atoms with Crippen LogP contribution in [0.4, 0.5) is 0 Å². The Bertz CT molecular complexity index is 620. The summed E-state index contributed by atoms with van der Waals surface area (Å²) in [5.74, 6) is -4.21. The summed E-state index contributed by atoms with van der Waals surface area (Å²) in [4.78, 5) is 44.6. The average molecular weight is 404 g/mol. The van der Waals surface area contributed by atoms with Crippen molar-refractivity contribution in [3.63, 3.8) is 0 Å². The van der Waals surface area contributed by atoms with Crippen LogP contribution in [-0.2, 0) is 33.4 Å². The molecule has 0 rings (SSSR count). The number of rotatable bonds is 8. The molecule has 0 saturated heterocycles. The Kier molecular flexibility index (Phi) is 14.3. The third-order valence-electron chi connectivity index (χ3n) is 2.72. The van der Waals surface area contributed by atoms with Gasteiger partial charge in [-0.25, -0.2) is 9.59 Å². The van der Waals surface area contributed by atoms with E-state index in [1.165, 1.54) is 21.0 Å². The van der Waals surface area contributed by atoms with Crippen molar-refractivity contribution in [2.45, 2.75) is 27.7 Å². The summed E-state index contributed by atoms with van der Waals surface area (Å²) in [7, 11) is 2.70. The van der Waals surface area contributed by atoms with Crippen molar-refractivity contribution >= 4 is 23.8 Å². The predicted molar refractivity (Wildman–Crippen MR) is 98.0 cm³/mol. The fourth-order valence-electron chi connectivity index (χ4n) is 1.55. The van der Waals surface area contributed by atoms with Gasteiger partial charge in [0.05, 0.1) is 19.8 Å². The van der Waals surface area contributed by atoms with Crippen molar-refractivity contribution in [2.24, 2.45) is 0 Å². The SMILES string of the molecule is CCOC(=O)/C(C(=O)NC)=C(/O)OCC.CCOC(=O)C(C(=O)NC)=C(C)O. The largest absolute Gasteiger partial charge is 0.511 e. The van der Waals surface area contributed by atoms with Crippen LogP contribution in [0.15, 0.2) is 22.9 Å². The number of carbonyl (C=O) groups excluding carboxylic acids is 4. The van der Waals surface area contributed by atoms with Crippen LogP contribution in [0.25, 0.3) is 0 Å². The van der Waals surface area contributed by atoms with E-state index in [9.17, 15) is 24.3 Å². The molecule has 160 valence electrons. The van der Waals surface area contributed by atoms with E-state index >= 15 is 0 Å². The number of hydrogen-bond donors (Lipinski definition) is 4. The van der Waals surface area contributed by atoms with Crippen molar-refractivity contribution in [3.05, 3.63) is 22.9 Å². The lowest BCUT2D eigenvalue weighted by Gasteiger charge is -2.08. The average Bonchev–Trinajstić information content (AvgIpc) is 2.62. The van der Waals surface area contributed by atoms with Gasteiger partial charge in [-0.05, 0) is 27.7 Å². The molecule has 0 spiro atoms. The van der Waals surface area contributed by atoms with Crippen LogP contribution in [-0.4, -0.2) is 67.9 Å². The molecule has 0 aliphatic carbocycles. The van der Waals surface area contributed by atoms with Crippen molar-refractivity contribution in [1.82, 2.24) is 10.6 Å².